The largest absolute Gasteiger partial charge is 0.481 e. The summed E-state index contributed by atoms with van der Waals surface area (Å²) in [6.45, 7) is 2.83. The second-order valence-electron chi connectivity index (χ2n) is 4.34. The number of nitrogens with one attached hydrogen (secondary N) is 2. The summed E-state index contributed by atoms with van der Waals surface area (Å²) < 4.78 is 5.07. The highest BCUT2D eigenvalue weighted by Crippen LogP contribution is 2.19. The molecule has 0 aliphatic heterocycles. The summed E-state index contributed by atoms with van der Waals surface area (Å²) in [7, 11) is 1.59. The fourth-order valence-electron chi connectivity index (χ4n) is 1.82. The first-order chi connectivity index (χ1) is 9.20. The van der Waals surface area contributed by atoms with E-state index in [1.807, 2.05) is 13.1 Å². The van der Waals surface area contributed by atoms with Gasteiger partial charge in [0.1, 0.15) is 0 Å². The number of pyridine rings is 1. The van der Waals surface area contributed by atoms with E-state index in [1.165, 1.54) is 5.56 Å². The third-order valence-corrected chi connectivity index (χ3v) is 2.96. The highest BCUT2D eigenvalue weighted by atomic mass is 16.5. The number of methoxy groups -OCH3 is 1. The maximum Gasteiger partial charge on any atom is 0.215 e. The number of anilines is 2. The van der Waals surface area contributed by atoms with E-state index in [0.29, 0.717) is 17.4 Å². The lowest BCUT2D eigenvalue weighted by Gasteiger charge is -2.09. The smallest absolute Gasteiger partial charge is 0.215 e. The third-order valence-electron chi connectivity index (χ3n) is 2.96. The number of rotatable bonds is 6. The van der Waals surface area contributed by atoms with Crippen molar-refractivity contribution in [3.05, 3.63) is 29.6 Å². The summed E-state index contributed by atoms with van der Waals surface area (Å²) in [6.07, 6.45) is 3.82. The molecule has 0 unspecified atom stereocenters. The predicted octanol–water partition coefficient (Wildman–Crippen LogP) is 1.75. The highest BCUT2D eigenvalue weighted by Gasteiger charge is 2.03. The van der Waals surface area contributed by atoms with Gasteiger partial charge in [-0.05, 0) is 31.4 Å². The zero-order valence-electron chi connectivity index (χ0n) is 11.2. The van der Waals surface area contributed by atoms with Crippen LogP contribution in [0, 0.1) is 6.92 Å². The molecule has 6 heteroatoms. The van der Waals surface area contributed by atoms with Gasteiger partial charge in [-0.3, -0.25) is 5.10 Å². The van der Waals surface area contributed by atoms with E-state index in [-0.39, 0.29) is 0 Å². The summed E-state index contributed by atoms with van der Waals surface area (Å²) in [4.78, 5) is 4.27. The number of nitrogens with zero attached hydrogens (tertiary/aromatic N) is 2. The third kappa shape index (κ3) is 3.37. The first kappa shape index (κ1) is 13.2. The Morgan fingerprint density at radius 2 is 2.26 bits per heavy atom. The minimum absolute atomic E-state index is 0.558. The Bertz CT molecular complexity index is 538. The molecule has 0 fully saturated rings. The molecule has 4 N–H and O–H groups in total. The van der Waals surface area contributed by atoms with Gasteiger partial charge in [-0.15, -0.1) is 0 Å². The lowest BCUT2D eigenvalue weighted by Crippen LogP contribution is -2.07. The van der Waals surface area contributed by atoms with Gasteiger partial charge in [-0.1, -0.05) is 0 Å². The first-order valence-electron chi connectivity index (χ1n) is 6.24. The van der Waals surface area contributed by atoms with E-state index in [0.717, 1.165) is 25.1 Å². The van der Waals surface area contributed by atoms with E-state index in [9.17, 15) is 0 Å². The second-order valence-corrected chi connectivity index (χ2v) is 4.34. The summed E-state index contributed by atoms with van der Waals surface area (Å²) >= 11 is 0. The Labute approximate surface area is 112 Å². The fourth-order valence-corrected chi connectivity index (χ4v) is 1.82. The van der Waals surface area contributed by atoms with Crippen molar-refractivity contribution < 1.29 is 4.74 Å². The van der Waals surface area contributed by atoms with E-state index < -0.39 is 0 Å². The molecule has 0 aromatic carbocycles. The van der Waals surface area contributed by atoms with Crippen LogP contribution < -0.4 is 15.8 Å². The van der Waals surface area contributed by atoms with Crippen LogP contribution in [-0.2, 0) is 6.42 Å². The van der Waals surface area contributed by atoms with Crippen LogP contribution in [0.25, 0.3) is 0 Å². The monoisotopic (exact) mass is 261 g/mol. The molecule has 2 heterocycles. The number of hydrogen-bond acceptors (Lipinski definition) is 5. The fraction of sp³-hybridized carbons (Fsp3) is 0.385. The maximum atomic E-state index is 5.85. The minimum Gasteiger partial charge on any atom is -0.481 e. The van der Waals surface area contributed by atoms with Gasteiger partial charge in [0.2, 0.25) is 5.88 Å². The van der Waals surface area contributed by atoms with E-state index in [4.69, 9.17) is 10.5 Å². The minimum atomic E-state index is 0.558. The van der Waals surface area contributed by atoms with Gasteiger partial charge in [0.05, 0.1) is 19.0 Å². The highest BCUT2D eigenvalue weighted by molar-refractivity contribution is 5.61. The van der Waals surface area contributed by atoms with Gasteiger partial charge in [0, 0.05) is 18.3 Å². The van der Waals surface area contributed by atoms with Crippen molar-refractivity contribution in [1.29, 1.82) is 0 Å². The average Bonchev–Trinajstić information content (AvgIpc) is 2.82. The molecule has 19 heavy (non-hydrogen) atoms. The summed E-state index contributed by atoms with van der Waals surface area (Å²) in [6, 6.07) is 3.53. The van der Waals surface area contributed by atoms with Crippen LogP contribution in [-0.4, -0.2) is 28.8 Å². The van der Waals surface area contributed by atoms with Crippen LogP contribution in [0.5, 0.6) is 5.88 Å². The Kier molecular flexibility index (Phi) is 4.22. The Hall–Kier alpha value is -2.24. The van der Waals surface area contributed by atoms with E-state index in [1.54, 1.807) is 19.2 Å². The molecule has 2 aromatic rings. The molecule has 2 aromatic heterocycles. The molecule has 0 radical (unpaired) electrons. The van der Waals surface area contributed by atoms with E-state index in [2.05, 4.69) is 20.5 Å². The second kappa shape index (κ2) is 6.08. The standard InChI is InChI=1S/C13H19N5O/c1-9-10(8-16-18-9)4-3-7-15-13-11(14)5-6-12(17-13)19-2/h5-6,8H,3-4,7,14H2,1-2H3,(H,15,17)(H,16,18). The number of aromatic amines is 1. The molecule has 0 atom stereocenters. The van der Waals surface area contributed by atoms with Crippen molar-refractivity contribution in [1.82, 2.24) is 15.2 Å². The molecule has 0 aliphatic carbocycles. The van der Waals surface area contributed by atoms with Crippen LogP contribution in [0.3, 0.4) is 0 Å². The summed E-state index contributed by atoms with van der Waals surface area (Å²) in [5.41, 5.74) is 8.84. The molecular weight excluding hydrogens is 242 g/mol. The number of nitrogens with two attached hydrogens (primary N) is 1. The van der Waals surface area contributed by atoms with Crippen molar-refractivity contribution in [3.8, 4) is 5.88 Å². The molecule has 0 amide bonds. The summed E-state index contributed by atoms with van der Waals surface area (Å²) in [5.74, 6) is 1.23. The van der Waals surface area contributed by atoms with Crippen LogP contribution >= 0.6 is 0 Å². The quantitative estimate of drug-likeness (QED) is 0.689. The molecule has 0 bridgehead atoms. The number of H-pyrrole nitrogens is 1. The van der Waals surface area contributed by atoms with Crippen LogP contribution in [0.2, 0.25) is 0 Å². The Balaban J connectivity index is 1.84. The summed E-state index contributed by atoms with van der Waals surface area (Å²) in [5, 5.41) is 10.2. The molecule has 0 aliphatic rings. The topological polar surface area (TPSA) is 88.9 Å². The van der Waals surface area contributed by atoms with Crippen molar-refractivity contribution in [2.24, 2.45) is 0 Å². The van der Waals surface area contributed by atoms with Gasteiger partial charge >= 0.3 is 0 Å². The Morgan fingerprint density at radius 3 is 2.95 bits per heavy atom. The van der Waals surface area contributed by atoms with Gasteiger partial charge < -0.3 is 15.8 Å². The van der Waals surface area contributed by atoms with Crippen molar-refractivity contribution >= 4 is 11.5 Å². The average molecular weight is 261 g/mol. The van der Waals surface area contributed by atoms with Crippen LogP contribution in [0.1, 0.15) is 17.7 Å². The molecule has 6 nitrogen and oxygen atoms in total. The van der Waals surface area contributed by atoms with Crippen molar-refractivity contribution in [3.63, 3.8) is 0 Å². The van der Waals surface area contributed by atoms with Gasteiger partial charge in [-0.25, -0.2) is 0 Å². The predicted molar refractivity (Wildman–Crippen MR) is 75.3 cm³/mol. The molecule has 0 saturated carbocycles. The van der Waals surface area contributed by atoms with Crippen molar-refractivity contribution in [2.75, 3.05) is 24.7 Å². The van der Waals surface area contributed by atoms with Crippen LogP contribution in [0.15, 0.2) is 18.3 Å². The zero-order valence-corrected chi connectivity index (χ0v) is 11.2. The number of ether oxygens (including phenoxy) is 1. The van der Waals surface area contributed by atoms with Gasteiger partial charge in [0.15, 0.2) is 5.82 Å². The molecule has 0 saturated heterocycles. The molecule has 0 spiro atoms. The first-order valence-corrected chi connectivity index (χ1v) is 6.24. The van der Waals surface area contributed by atoms with Crippen molar-refractivity contribution in [2.45, 2.75) is 19.8 Å². The molecular formula is C13H19N5O. The van der Waals surface area contributed by atoms with Crippen LogP contribution in [0.4, 0.5) is 11.5 Å². The lowest BCUT2D eigenvalue weighted by atomic mass is 10.1. The number of aromatic nitrogens is 3. The molecule has 2 rings (SSSR count). The Morgan fingerprint density at radius 1 is 1.42 bits per heavy atom. The van der Waals surface area contributed by atoms with Gasteiger partial charge in [-0.2, -0.15) is 10.1 Å². The van der Waals surface area contributed by atoms with Gasteiger partial charge in [0.25, 0.3) is 0 Å². The normalized spacial score (nSPS) is 10.4. The number of aryl methyl sites for hydroxylation is 2. The zero-order chi connectivity index (χ0) is 13.7. The number of hydrogen-bond donors (Lipinski definition) is 3. The lowest BCUT2D eigenvalue weighted by molar-refractivity contribution is 0.398. The maximum absolute atomic E-state index is 5.85. The SMILES string of the molecule is COc1ccc(N)c(NCCCc2cn[nH]c2C)n1. The van der Waals surface area contributed by atoms with E-state index >= 15 is 0 Å². The molecule has 102 valence electrons. The number of nitrogen functional groups attached to an aromatic ring is 1.